The van der Waals surface area contributed by atoms with E-state index in [1.54, 1.807) is 0 Å². The predicted molar refractivity (Wildman–Crippen MR) is 302 cm³/mol. The summed E-state index contributed by atoms with van der Waals surface area (Å²) < 4.78 is 2.44. The van der Waals surface area contributed by atoms with Gasteiger partial charge in [-0.15, -0.1) is 0 Å². The second-order valence-corrected chi connectivity index (χ2v) is 20.7. The van der Waals surface area contributed by atoms with Crippen LogP contribution in [-0.2, 0) is 10.8 Å². The molecule has 0 aliphatic heterocycles. The molecule has 0 unspecified atom stereocenters. The second kappa shape index (κ2) is 14.3. The first-order chi connectivity index (χ1) is 35.5. The Labute approximate surface area is 418 Å². The first-order valence-corrected chi connectivity index (χ1v) is 25.3. The van der Waals surface area contributed by atoms with E-state index >= 15 is 0 Å². The van der Waals surface area contributed by atoms with Crippen molar-refractivity contribution in [3.05, 3.63) is 276 Å². The van der Waals surface area contributed by atoms with Crippen molar-refractivity contribution in [1.29, 1.82) is 0 Å². The van der Waals surface area contributed by atoms with Crippen LogP contribution in [0.2, 0.25) is 0 Å². The molecule has 0 bridgehead atoms. The van der Waals surface area contributed by atoms with E-state index in [9.17, 15) is 0 Å². The number of benzene rings is 12. The molecular formula is C70H46N2. The van der Waals surface area contributed by atoms with Crippen molar-refractivity contribution in [2.75, 3.05) is 4.90 Å². The van der Waals surface area contributed by atoms with Crippen LogP contribution in [0, 0.1) is 0 Å². The molecule has 0 saturated carbocycles. The standard InChI is InChI=1S/C70H46N2/c1-69(2)65-39-45(32-35-54(65)60-41-57-49-22-8-6-20-47(49)48-21-7-9-23-50(48)58(57)42-66(60)69)71(46-33-36-56-55-27-13-17-31-67(55)72(68(56)40-46)43-18-4-3-5-19-43)44-34-37-64-59(38-44)53-26-12-16-30-63(53)70(64)61-28-14-10-24-51(61)52-25-11-15-29-62(52)70/h3-42H,1-2H3. The summed E-state index contributed by atoms with van der Waals surface area (Å²) in [5.74, 6) is 0. The molecule has 72 heavy (non-hydrogen) atoms. The van der Waals surface area contributed by atoms with Crippen molar-refractivity contribution in [2.45, 2.75) is 24.7 Å². The lowest BCUT2D eigenvalue weighted by Crippen LogP contribution is -2.25. The maximum atomic E-state index is 2.52. The highest BCUT2D eigenvalue weighted by Crippen LogP contribution is 2.63. The van der Waals surface area contributed by atoms with Crippen LogP contribution in [0.1, 0.15) is 47.2 Å². The molecule has 3 aliphatic carbocycles. The van der Waals surface area contributed by atoms with Crippen molar-refractivity contribution in [3.63, 3.8) is 0 Å². The van der Waals surface area contributed by atoms with E-state index in [0.717, 1.165) is 22.7 Å². The van der Waals surface area contributed by atoms with Crippen molar-refractivity contribution in [3.8, 4) is 39.1 Å². The van der Waals surface area contributed by atoms with Crippen LogP contribution in [0.4, 0.5) is 17.1 Å². The molecule has 0 saturated heterocycles. The van der Waals surface area contributed by atoms with Crippen LogP contribution in [0.5, 0.6) is 0 Å². The van der Waals surface area contributed by atoms with Gasteiger partial charge < -0.3 is 9.47 Å². The summed E-state index contributed by atoms with van der Waals surface area (Å²) in [6, 6.07) is 91.5. The van der Waals surface area contributed by atoms with Gasteiger partial charge in [-0.3, -0.25) is 0 Å². The van der Waals surface area contributed by atoms with Crippen molar-refractivity contribution in [1.82, 2.24) is 4.57 Å². The van der Waals surface area contributed by atoms with Gasteiger partial charge in [-0.2, -0.15) is 0 Å². The minimum atomic E-state index is -0.415. The van der Waals surface area contributed by atoms with Gasteiger partial charge in [-0.1, -0.05) is 190 Å². The molecule has 2 nitrogen and oxygen atoms in total. The summed E-state index contributed by atoms with van der Waals surface area (Å²) in [7, 11) is 0. The summed E-state index contributed by atoms with van der Waals surface area (Å²) in [6.07, 6.45) is 0. The lowest BCUT2D eigenvalue weighted by atomic mass is 9.70. The van der Waals surface area contributed by atoms with Crippen LogP contribution in [-0.4, -0.2) is 4.57 Å². The Balaban J connectivity index is 0.943. The monoisotopic (exact) mass is 914 g/mol. The van der Waals surface area contributed by atoms with Gasteiger partial charge in [-0.05, 0) is 166 Å². The molecule has 336 valence electrons. The van der Waals surface area contributed by atoms with Crippen LogP contribution < -0.4 is 4.90 Å². The molecule has 0 fully saturated rings. The van der Waals surface area contributed by atoms with Crippen LogP contribution in [0.3, 0.4) is 0 Å². The smallest absolute Gasteiger partial charge is 0.0725 e. The molecule has 0 radical (unpaired) electrons. The number of hydrogen-bond donors (Lipinski definition) is 0. The molecule has 3 aliphatic rings. The van der Waals surface area contributed by atoms with Gasteiger partial charge in [0.25, 0.3) is 0 Å². The van der Waals surface area contributed by atoms with E-state index in [-0.39, 0.29) is 5.41 Å². The number of rotatable bonds is 4. The molecule has 0 N–H and O–H groups in total. The number of hydrogen-bond acceptors (Lipinski definition) is 1. The molecule has 2 heteroatoms. The second-order valence-electron chi connectivity index (χ2n) is 20.7. The van der Waals surface area contributed by atoms with E-state index in [2.05, 4.69) is 266 Å². The minimum absolute atomic E-state index is 0.260. The Hall–Kier alpha value is -8.98. The highest BCUT2D eigenvalue weighted by atomic mass is 15.1. The fourth-order valence-corrected chi connectivity index (χ4v) is 13.9. The Morgan fingerprint density at radius 2 is 0.708 bits per heavy atom. The van der Waals surface area contributed by atoms with Gasteiger partial charge in [0.15, 0.2) is 0 Å². The SMILES string of the molecule is CC1(C)c2cc(N(c3ccc4c(c3)-c3ccccc3C43c4ccccc4-c4ccccc43)c3ccc4c5ccccc5n(-c5ccccc5)c4c3)ccc2-c2cc3c4ccccc4c4ccccc4c3cc21. The minimum Gasteiger partial charge on any atom is -0.310 e. The predicted octanol–water partition coefficient (Wildman–Crippen LogP) is 18.4. The van der Waals surface area contributed by atoms with Gasteiger partial charge in [0.1, 0.15) is 0 Å². The third-order valence-electron chi connectivity index (χ3n) is 16.9. The van der Waals surface area contributed by atoms with E-state index < -0.39 is 5.41 Å². The molecule has 13 aromatic rings. The Bertz CT molecular complexity index is 4450. The van der Waals surface area contributed by atoms with E-state index in [0.29, 0.717) is 0 Å². The van der Waals surface area contributed by atoms with E-state index in [1.165, 1.54) is 121 Å². The normalized spacial score (nSPS) is 14.2. The van der Waals surface area contributed by atoms with Crippen LogP contribution >= 0.6 is 0 Å². The molecule has 1 heterocycles. The maximum Gasteiger partial charge on any atom is 0.0725 e. The molecule has 16 rings (SSSR count). The molecule has 0 atom stereocenters. The Kier molecular flexibility index (Phi) is 7.92. The van der Waals surface area contributed by atoms with Crippen LogP contribution in [0.25, 0.3) is 93.2 Å². The topological polar surface area (TPSA) is 8.17 Å². The summed E-state index contributed by atoms with van der Waals surface area (Å²) in [4.78, 5) is 2.52. The van der Waals surface area contributed by atoms with Crippen molar-refractivity contribution < 1.29 is 0 Å². The number of anilines is 3. The Morgan fingerprint density at radius 3 is 1.38 bits per heavy atom. The van der Waals surface area contributed by atoms with Gasteiger partial charge >= 0.3 is 0 Å². The molecule has 1 spiro atoms. The van der Waals surface area contributed by atoms with E-state index in [4.69, 9.17) is 0 Å². The quantitative estimate of drug-likeness (QED) is 0.160. The number of nitrogens with zero attached hydrogens (tertiary/aromatic N) is 2. The van der Waals surface area contributed by atoms with Crippen molar-refractivity contribution >= 4 is 71.2 Å². The summed E-state index contributed by atoms with van der Waals surface area (Å²) in [5.41, 5.74) is 22.2. The number of fused-ring (bicyclic) bond motifs is 22. The molecule has 12 aromatic carbocycles. The summed E-state index contributed by atoms with van der Waals surface area (Å²) in [5, 5.41) is 10.3. The summed E-state index contributed by atoms with van der Waals surface area (Å²) in [6.45, 7) is 4.85. The maximum absolute atomic E-state index is 2.52. The average Bonchev–Trinajstić information content (AvgIpc) is 4.10. The number of aromatic nitrogens is 1. The van der Waals surface area contributed by atoms with Gasteiger partial charge in [0, 0.05) is 38.9 Å². The lowest BCUT2D eigenvalue weighted by molar-refractivity contribution is 0.661. The zero-order valence-electron chi connectivity index (χ0n) is 40.0. The fraction of sp³-hybridized carbons (Fsp3) is 0.0571. The van der Waals surface area contributed by atoms with Gasteiger partial charge in [-0.25, -0.2) is 0 Å². The molecule has 1 aromatic heterocycles. The van der Waals surface area contributed by atoms with Crippen molar-refractivity contribution in [2.24, 2.45) is 0 Å². The third kappa shape index (κ3) is 5.08. The fourth-order valence-electron chi connectivity index (χ4n) is 13.9. The highest BCUT2D eigenvalue weighted by Gasteiger charge is 2.51. The van der Waals surface area contributed by atoms with E-state index in [1.807, 2.05) is 0 Å². The Morgan fingerprint density at radius 1 is 0.278 bits per heavy atom. The first-order valence-electron chi connectivity index (χ1n) is 25.3. The third-order valence-corrected chi connectivity index (χ3v) is 16.9. The zero-order chi connectivity index (χ0) is 47.5. The summed E-state index contributed by atoms with van der Waals surface area (Å²) >= 11 is 0. The average molecular weight is 915 g/mol. The highest BCUT2D eigenvalue weighted by molar-refractivity contribution is 6.26. The largest absolute Gasteiger partial charge is 0.310 e. The number of para-hydroxylation sites is 2. The zero-order valence-corrected chi connectivity index (χ0v) is 40.0. The van der Waals surface area contributed by atoms with Gasteiger partial charge in [0.2, 0.25) is 0 Å². The van der Waals surface area contributed by atoms with Crippen LogP contribution in [0.15, 0.2) is 243 Å². The first kappa shape index (κ1) is 39.8. The van der Waals surface area contributed by atoms with Gasteiger partial charge in [0.05, 0.1) is 16.4 Å². The lowest BCUT2D eigenvalue weighted by Gasteiger charge is -2.31. The molecule has 0 amide bonds. The molecular weight excluding hydrogens is 869 g/mol.